The van der Waals surface area contributed by atoms with Crippen LogP contribution in [0, 0.1) is 24.0 Å². The van der Waals surface area contributed by atoms with Gasteiger partial charge in [0.2, 0.25) is 0 Å². The van der Waals surface area contributed by atoms with E-state index in [-0.39, 0.29) is 63.2 Å². The van der Waals surface area contributed by atoms with E-state index in [1.807, 2.05) is 0 Å². The SMILES string of the molecule is C#Cc1c(F)ccc2cc(O)cc(-c3nc(NC)c4c(N5CC6CCC(CC)(C5)N6)nc(OC[C@@]56CCCN5C/C(=C\F)C6)nc4c3F)c12. The number of piperazine rings is 1. The van der Waals surface area contributed by atoms with Gasteiger partial charge in [0.1, 0.15) is 41.0 Å². The van der Waals surface area contributed by atoms with Gasteiger partial charge >= 0.3 is 6.01 Å². The third kappa shape index (κ3) is 5.05. The lowest BCUT2D eigenvalue weighted by molar-refractivity contribution is 0.108. The highest BCUT2D eigenvalue weighted by molar-refractivity contribution is 6.05. The number of nitrogens with zero attached hydrogens (tertiary/aromatic N) is 5. The fourth-order valence-corrected chi connectivity index (χ4v) is 8.73. The summed E-state index contributed by atoms with van der Waals surface area (Å²) in [6.45, 7) is 5.10. The van der Waals surface area contributed by atoms with Crippen molar-refractivity contribution in [3.05, 3.63) is 53.4 Å². The van der Waals surface area contributed by atoms with E-state index in [9.17, 15) is 9.50 Å². The topological polar surface area (TPSA) is 98.7 Å². The summed E-state index contributed by atoms with van der Waals surface area (Å²) < 4.78 is 52.2. The molecule has 0 saturated carbocycles. The maximum Gasteiger partial charge on any atom is 0.319 e. The zero-order chi connectivity index (χ0) is 34.1. The van der Waals surface area contributed by atoms with Gasteiger partial charge in [-0.15, -0.1) is 6.42 Å². The maximum absolute atomic E-state index is 17.2. The predicted molar refractivity (Wildman–Crippen MR) is 184 cm³/mol. The largest absolute Gasteiger partial charge is 0.508 e. The van der Waals surface area contributed by atoms with Crippen molar-refractivity contribution in [2.75, 3.05) is 50.1 Å². The number of hydrogen-bond acceptors (Lipinski definition) is 9. The summed E-state index contributed by atoms with van der Waals surface area (Å²) in [5.41, 5.74) is 0.116. The van der Waals surface area contributed by atoms with Crippen LogP contribution >= 0.6 is 0 Å². The van der Waals surface area contributed by atoms with Crippen LogP contribution in [-0.2, 0) is 0 Å². The Morgan fingerprint density at radius 3 is 2.84 bits per heavy atom. The number of aromatic nitrogens is 3. The number of fused-ring (bicyclic) bond motifs is 5. The van der Waals surface area contributed by atoms with Crippen molar-refractivity contribution in [3.8, 4) is 35.4 Å². The number of terminal acetylenes is 1. The van der Waals surface area contributed by atoms with Crippen LogP contribution in [0.4, 0.5) is 24.8 Å². The molecule has 0 spiro atoms. The highest BCUT2D eigenvalue weighted by Crippen LogP contribution is 2.45. The maximum atomic E-state index is 17.2. The number of phenols is 1. The minimum Gasteiger partial charge on any atom is -0.508 e. The highest BCUT2D eigenvalue weighted by Gasteiger charge is 2.48. The van der Waals surface area contributed by atoms with E-state index < -0.39 is 11.6 Å². The first-order valence-electron chi connectivity index (χ1n) is 16.9. The van der Waals surface area contributed by atoms with Gasteiger partial charge in [-0.3, -0.25) is 4.90 Å². The molecular weight excluding hydrogens is 631 g/mol. The molecule has 0 radical (unpaired) electrons. The number of ether oxygens (including phenoxy) is 1. The van der Waals surface area contributed by atoms with Crippen LogP contribution in [0.15, 0.2) is 36.2 Å². The minimum absolute atomic E-state index is 0.00654. The van der Waals surface area contributed by atoms with Gasteiger partial charge in [-0.1, -0.05) is 18.9 Å². The van der Waals surface area contributed by atoms with Crippen molar-refractivity contribution in [3.63, 3.8) is 0 Å². The first-order chi connectivity index (χ1) is 23.7. The van der Waals surface area contributed by atoms with Crippen LogP contribution < -0.4 is 20.3 Å². The lowest BCUT2D eigenvalue weighted by Gasteiger charge is -2.42. The highest BCUT2D eigenvalue weighted by atomic mass is 19.1. The van der Waals surface area contributed by atoms with E-state index >= 15 is 8.78 Å². The third-order valence-corrected chi connectivity index (χ3v) is 11.1. The fraction of sp³-hybridized carbons (Fsp3) is 0.432. The molecule has 2 aromatic carbocycles. The summed E-state index contributed by atoms with van der Waals surface area (Å²) in [7, 11) is 1.68. The van der Waals surface area contributed by atoms with Crippen LogP contribution in [0.2, 0.25) is 0 Å². The number of pyridine rings is 1. The molecule has 4 aliphatic rings. The first kappa shape index (κ1) is 31.7. The molecule has 12 heteroatoms. The van der Waals surface area contributed by atoms with Crippen LogP contribution in [0.5, 0.6) is 11.8 Å². The molecule has 8 rings (SSSR count). The van der Waals surface area contributed by atoms with Gasteiger partial charge in [0.15, 0.2) is 5.82 Å². The quantitative estimate of drug-likeness (QED) is 0.204. The van der Waals surface area contributed by atoms with Gasteiger partial charge in [0.05, 0.1) is 22.8 Å². The molecule has 2 aromatic heterocycles. The van der Waals surface area contributed by atoms with Gasteiger partial charge in [0, 0.05) is 49.2 Å². The van der Waals surface area contributed by atoms with E-state index in [0.717, 1.165) is 44.2 Å². The zero-order valence-electron chi connectivity index (χ0n) is 27.5. The number of hydrogen-bond donors (Lipinski definition) is 3. The Bertz CT molecular complexity index is 2080. The lowest BCUT2D eigenvalue weighted by Crippen LogP contribution is -2.59. The first-order valence-corrected chi connectivity index (χ1v) is 16.9. The summed E-state index contributed by atoms with van der Waals surface area (Å²) in [5.74, 6) is 1.62. The molecule has 254 valence electrons. The number of phenolic OH excluding ortho intramolecular Hbond substituents is 1. The molecule has 3 N–H and O–H groups in total. The molecular formula is C37H38F3N7O2. The Morgan fingerprint density at radius 2 is 2.06 bits per heavy atom. The van der Waals surface area contributed by atoms with Crippen molar-refractivity contribution >= 4 is 33.3 Å². The molecule has 2 unspecified atom stereocenters. The Morgan fingerprint density at radius 1 is 1.20 bits per heavy atom. The van der Waals surface area contributed by atoms with E-state index in [1.54, 1.807) is 7.05 Å². The third-order valence-electron chi connectivity index (χ3n) is 11.1. The van der Waals surface area contributed by atoms with Gasteiger partial charge in [-0.2, -0.15) is 9.97 Å². The number of anilines is 2. The second-order valence-electron chi connectivity index (χ2n) is 14.0. The summed E-state index contributed by atoms with van der Waals surface area (Å²) >= 11 is 0. The average Bonchev–Trinajstić information content (AvgIpc) is 3.76. The molecule has 6 heterocycles. The molecule has 3 atom stereocenters. The molecule has 0 amide bonds. The van der Waals surface area contributed by atoms with E-state index in [0.29, 0.717) is 54.8 Å². The fourth-order valence-electron chi connectivity index (χ4n) is 8.73. The van der Waals surface area contributed by atoms with Crippen molar-refractivity contribution in [1.82, 2.24) is 25.2 Å². The molecule has 2 bridgehead atoms. The molecule has 49 heavy (non-hydrogen) atoms. The molecule has 4 fully saturated rings. The zero-order valence-corrected chi connectivity index (χ0v) is 27.5. The summed E-state index contributed by atoms with van der Waals surface area (Å²) in [6.07, 6.45) is 11.8. The van der Waals surface area contributed by atoms with Crippen LogP contribution in [-0.4, -0.2) is 81.9 Å². The summed E-state index contributed by atoms with van der Waals surface area (Å²) in [5, 5.41) is 18.7. The minimum atomic E-state index is -0.783. The Kier molecular flexibility index (Phi) is 7.61. The Balaban J connectivity index is 1.33. The number of benzene rings is 2. The van der Waals surface area contributed by atoms with E-state index in [4.69, 9.17) is 21.1 Å². The van der Waals surface area contributed by atoms with E-state index in [2.05, 4.69) is 38.3 Å². The smallest absolute Gasteiger partial charge is 0.319 e. The van der Waals surface area contributed by atoms with Crippen molar-refractivity contribution in [2.45, 2.75) is 62.6 Å². The molecule has 4 saturated heterocycles. The van der Waals surface area contributed by atoms with Crippen LogP contribution in [0.25, 0.3) is 32.9 Å². The standard InChI is InChI=1S/C37H38F3N7O2/c1-4-25-27(39)8-7-22-13-24(48)14-26(28(22)25)31-30(40)32-29(33(41-3)42-31)34(46-18-23-9-11-36(5-2,19-46)45-23)44-35(43-32)49-20-37-10-6-12-47(37)17-21(15-37)16-38/h1,7-8,13-14,16,23,45,48H,5-6,9-12,15,17-20H2,2-3H3,(H,41,42)/b21-16-/t23?,36?,37-/m0/s1. The number of halogens is 3. The van der Waals surface area contributed by atoms with Gasteiger partial charge < -0.3 is 25.4 Å². The number of nitrogens with one attached hydrogen (secondary N) is 2. The predicted octanol–water partition coefficient (Wildman–Crippen LogP) is 6.04. The van der Waals surface area contributed by atoms with Crippen LogP contribution in [0.1, 0.15) is 51.0 Å². The second kappa shape index (κ2) is 11.8. The average molecular weight is 670 g/mol. The molecule has 4 aromatic rings. The molecule has 9 nitrogen and oxygen atoms in total. The van der Waals surface area contributed by atoms with Crippen molar-refractivity contribution in [2.24, 2.45) is 0 Å². The normalized spacial score (nSPS) is 25.8. The second-order valence-corrected chi connectivity index (χ2v) is 14.0. The Hall–Kier alpha value is -4.60. The molecule has 0 aliphatic carbocycles. The van der Waals surface area contributed by atoms with E-state index in [1.165, 1.54) is 24.3 Å². The Labute approximate surface area is 282 Å². The summed E-state index contributed by atoms with van der Waals surface area (Å²) in [4.78, 5) is 18.8. The lowest BCUT2D eigenvalue weighted by atomic mass is 9.93. The van der Waals surface area contributed by atoms with Crippen LogP contribution in [0.3, 0.4) is 0 Å². The van der Waals surface area contributed by atoms with Gasteiger partial charge in [0.25, 0.3) is 0 Å². The monoisotopic (exact) mass is 669 g/mol. The molecule has 4 aliphatic heterocycles. The van der Waals surface area contributed by atoms with Crippen molar-refractivity contribution < 1.29 is 23.0 Å². The number of aromatic hydroxyl groups is 1. The summed E-state index contributed by atoms with van der Waals surface area (Å²) in [6, 6.07) is 5.74. The van der Waals surface area contributed by atoms with Crippen molar-refractivity contribution in [1.29, 1.82) is 0 Å². The van der Waals surface area contributed by atoms with Gasteiger partial charge in [-0.25, -0.2) is 18.2 Å². The van der Waals surface area contributed by atoms with Gasteiger partial charge in [-0.05, 0) is 74.2 Å². The number of rotatable bonds is 7.